The van der Waals surface area contributed by atoms with Gasteiger partial charge in [-0.05, 0) is 22.4 Å². The van der Waals surface area contributed by atoms with E-state index in [1.54, 1.807) is 0 Å². The normalized spacial score (nSPS) is 12.3. The first kappa shape index (κ1) is 9.70. The molecule has 0 aromatic heterocycles. The topological polar surface area (TPSA) is 49.8 Å². The van der Waals surface area contributed by atoms with Crippen molar-refractivity contribution < 1.29 is 0 Å². The summed E-state index contributed by atoms with van der Waals surface area (Å²) in [5, 5.41) is 11.0. The molecule has 2 heteroatoms. The average molecular weight is 196 g/mol. The minimum Gasteiger partial charge on any atom is -0.323 e. The summed E-state index contributed by atoms with van der Waals surface area (Å²) in [5.74, 6) is 0. The first-order valence-corrected chi connectivity index (χ1v) is 4.92. The van der Waals surface area contributed by atoms with Gasteiger partial charge in [0.25, 0.3) is 0 Å². The second kappa shape index (κ2) is 4.12. The van der Waals surface area contributed by atoms with Crippen molar-refractivity contribution in [3.63, 3.8) is 0 Å². The molecular weight excluding hydrogens is 184 g/mol. The number of fused-ring (bicyclic) bond motifs is 1. The Balaban J connectivity index is 2.43. The molecule has 2 aromatic carbocycles. The van der Waals surface area contributed by atoms with Crippen LogP contribution in [-0.4, -0.2) is 0 Å². The van der Waals surface area contributed by atoms with Crippen LogP contribution < -0.4 is 5.73 Å². The number of benzene rings is 2. The lowest BCUT2D eigenvalue weighted by atomic mass is 10.0. The third kappa shape index (κ3) is 1.98. The first-order chi connectivity index (χ1) is 7.31. The quantitative estimate of drug-likeness (QED) is 0.802. The van der Waals surface area contributed by atoms with Gasteiger partial charge in [0.05, 0.1) is 12.5 Å². The zero-order chi connectivity index (χ0) is 10.7. The molecule has 0 aliphatic heterocycles. The molecule has 0 amide bonds. The molecule has 0 fully saturated rings. The minimum atomic E-state index is -0.181. The summed E-state index contributed by atoms with van der Waals surface area (Å²) in [7, 11) is 0. The molecular formula is C13H12N2. The smallest absolute Gasteiger partial charge is 0.0641 e. The van der Waals surface area contributed by atoms with Crippen LogP contribution in [0.2, 0.25) is 0 Å². The lowest BCUT2D eigenvalue weighted by Gasteiger charge is -2.08. The van der Waals surface area contributed by atoms with Crippen LogP contribution in [0.4, 0.5) is 0 Å². The van der Waals surface area contributed by atoms with Crippen molar-refractivity contribution in [1.82, 2.24) is 0 Å². The lowest BCUT2D eigenvalue weighted by molar-refractivity contribution is 0.750. The molecule has 0 radical (unpaired) electrons. The molecule has 1 atom stereocenters. The molecule has 15 heavy (non-hydrogen) atoms. The highest BCUT2D eigenvalue weighted by molar-refractivity contribution is 5.83. The van der Waals surface area contributed by atoms with E-state index in [4.69, 9.17) is 11.0 Å². The third-order valence-electron chi connectivity index (χ3n) is 2.51. The van der Waals surface area contributed by atoms with Crippen LogP contribution in [0.1, 0.15) is 18.0 Å². The van der Waals surface area contributed by atoms with E-state index >= 15 is 0 Å². The average Bonchev–Trinajstić information content (AvgIpc) is 2.29. The summed E-state index contributed by atoms with van der Waals surface area (Å²) < 4.78 is 0. The van der Waals surface area contributed by atoms with E-state index in [9.17, 15) is 0 Å². The predicted octanol–water partition coefficient (Wildman–Crippen LogP) is 2.75. The number of nitriles is 1. The Morgan fingerprint density at radius 1 is 1.13 bits per heavy atom. The highest BCUT2D eigenvalue weighted by Crippen LogP contribution is 2.20. The van der Waals surface area contributed by atoms with Crippen LogP contribution in [-0.2, 0) is 0 Å². The van der Waals surface area contributed by atoms with Crippen LogP contribution in [0, 0.1) is 11.3 Å². The van der Waals surface area contributed by atoms with Crippen LogP contribution in [0.5, 0.6) is 0 Å². The van der Waals surface area contributed by atoms with E-state index in [2.05, 4.69) is 24.3 Å². The fraction of sp³-hybridized carbons (Fsp3) is 0.154. The molecule has 1 unspecified atom stereocenters. The number of hydrogen-bond donors (Lipinski definition) is 1. The van der Waals surface area contributed by atoms with E-state index < -0.39 is 0 Å². The Hall–Kier alpha value is -1.85. The van der Waals surface area contributed by atoms with Gasteiger partial charge in [0.15, 0.2) is 0 Å². The summed E-state index contributed by atoms with van der Waals surface area (Å²) in [6.45, 7) is 0. The summed E-state index contributed by atoms with van der Waals surface area (Å²) >= 11 is 0. The van der Waals surface area contributed by atoms with E-state index in [1.165, 1.54) is 10.8 Å². The first-order valence-electron chi connectivity index (χ1n) is 4.92. The molecule has 2 aromatic rings. The zero-order valence-corrected chi connectivity index (χ0v) is 8.35. The molecule has 0 spiro atoms. The maximum Gasteiger partial charge on any atom is 0.0641 e. The molecule has 2 rings (SSSR count). The van der Waals surface area contributed by atoms with E-state index in [0.29, 0.717) is 6.42 Å². The SMILES string of the molecule is N#CCC(N)c1ccc2ccccc2c1. The van der Waals surface area contributed by atoms with Crippen molar-refractivity contribution >= 4 is 10.8 Å². The Labute approximate surface area is 88.9 Å². The molecule has 0 heterocycles. The van der Waals surface area contributed by atoms with Crippen molar-refractivity contribution in [1.29, 1.82) is 5.26 Å². The van der Waals surface area contributed by atoms with Gasteiger partial charge < -0.3 is 5.73 Å². The molecule has 74 valence electrons. The van der Waals surface area contributed by atoms with Gasteiger partial charge in [0, 0.05) is 6.04 Å². The van der Waals surface area contributed by atoms with Gasteiger partial charge in [-0.3, -0.25) is 0 Å². The summed E-state index contributed by atoms with van der Waals surface area (Å²) in [5.41, 5.74) is 6.90. The molecule has 2 N–H and O–H groups in total. The van der Waals surface area contributed by atoms with Crippen molar-refractivity contribution in [2.75, 3.05) is 0 Å². The van der Waals surface area contributed by atoms with Gasteiger partial charge in [-0.2, -0.15) is 5.26 Å². The Morgan fingerprint density at radius 3 is 2.60 bits per heavy atom. The van der Waals surface area contributed by atoms with Crippen molar-refractivity contribution in [2.45, 2.75) is 12.5 Å². The van der Waals surface area contributed by atoms with Crippen molar-refractivity contribution in [3.05, 3.63) is 48.0 Å². The van der Waals surface area contributed by atoms with Gasteiger partial charge in [-0.25, -0.2) is 0 Å². The highest BCUT2D eigenvalue weighted by atomic mass is 14.6. The van der Waals surface area contributed by atoms with Crippen molar-refractivity contribution in [3.8, 4) is 6.07 Å². The molecule has 0 aliphatic carbocycles. The molecule has 0 aliphatic rings. The highest BCUT2D eigenvalue weighted by Gasteiger charge is 2.05. The van der Waals surface area contributed by atoms with Crippen LogP contribution >= 0.6 is 0 Å². The molecule has 0 saturated carbocycles. The Bertz CT molecular complexity index is 511. The Kier molecular flexibility index (Phi) is 2.66. The molecule has 0 saturated heterocycles. The Morgan fingerprint density at radius 2 is 1.87 bits per heavy atom. The number of hydrogen-bond acceptors (Lipinski definition) is 2. The van der Waals surface area contributed by atoms with Gasteiger partial charge in [0.2, 0.25) is 0 Å². The summed E-state index contributed by atoms with van der Waals surface area (Å²) in [6, 6.07) is 16.1. The maximum absolute atomic E-state index is 8.58. The molecule has 0 bridgehead atoms. The third-order valence-corrected chi connectivity index (χ3v) is 2.51. The second-order valence-corrected chi connectivity index (χ2v) is 3.58. The largest absolute Gasteiger partial charge is 0.323 e. The number of rotatable bonds is 2. The lowest BCUT2D eigenvalue weighted by Crippen LogP contribution is -2.08. The summed E-state index contributed by atoms with van der Waals surface area (Å²) in [4.78, 5) is 0. The predicted molar refractivity (Wildman–Crippen MR) is 61.1 cm³/mol. The van der Waals surface area contributed by atoms with E-state index in [0.717, 1.165) is 5.56 Å². The fourth-order valence-electron chi connectivity index (χ4n) is 1.65. The molecule has 2 nitrogen and oxygen atoms in total. The monoisotopic (exact) mass is 196 g/mol. The van der Waals surface area contributed by atoms with Crippen LogP contribution in [0.25, 0.3) is 10.8 Å². The number of nitrogens with two attached hydrogens (primary N) is 1. The van der Waals surface area contributed by atoms with Gasteiger partial charge in [-0.15, -0.1) is 0 Å². The van der Waals surface area contributed by atoms with Gasteiger partial charge >= 0.3 is 0 Å². The minimum absolute atomic E-state index is 0.181. The van der Waals surface area contributed by atoms with Crippen LogP contribution in [0.3, 0.4) is 0 Å². The number of nitrogens with zero attached hydrogens (tertiary/aromatic N) is 1. The van der Waals surface area contributed by atoms with Crippen LogP contribution in [0.15, 0.2) is 42.5 Å². The fourth-order valence-corrected chi connectivity index (χ4v) is 1.65. The summed E-state index contributed by atoms with van der Waals surface area (Å²) in [6.07, 6.45) is 0.359. The zero-order valence-electron chi connectivity index (χ0n) is 8.35. The van der Waals surface area contributed by atoms with Gasteiger partial charge in [-0.1, -0.05) is 36.4 Å². The second-order valence-electron chi connectivity index (χ2n) is 3.58. The van der Waals surface area contributed by atoms with E-state index in [-0.39, 0.29) is 6.04 Å². The van der Waals surface area contributed by atoms with Crippen molar-refractivity contribution in [2.24, 2.45) is 5.73 Å². The van der Waals surface area contributed by atoms with E-state index in [1.807, 2.05) is 24.3 Å². The van der Waals surface area contributed by atoms with Gasteiger partial charge in [0.1, 0.15) is 0 Å². The maximum atomic E-state index is 8.58. The standard InChI is InChI=1S/C13H12N2/c14-8-7-13(15)12-6-5-10-3-1-2-4-11(10)9-12/h1-6,9,13H,7,15H2.